The number of rotatable bonds is 5. The standard InChI is InChI=1S/C17H27N3O4/c1-12(2)16-18-19-17(24-16)14-10-20(8-9-22-14)15(21)11-23-13-6-4-3-5-7-13/h12-14H,3-11H2,1-2H3. The molecule has 24 heavy (non-hydrogen) atoms. The summed E-state index contributed by atoms with van der Waals surface area (Å²) in [5.74, 6) is 1.23. The summed E-state index contributed by atoms with van der Waals surface area (Å²) in [6, 6.07) is 0. The molecule has 7 nitrogen and oxygen atoms in total. The van der Waals surface area contributed by atoms with E-state index in [0.717, 1.165) is 12.8 Å². The van der Waals surface area contributed by atoms with Gasteiger partial charge < -0.3 is 18.8 Å². The molecule has 1 atom stereocenters. The second-order valence-electron chi connectivity index (χ2n) is 6.90. The van der Waals surface area contributed by atoms with Gasteiger partial charge in [0, 0.05) is 12.5 Å². The van der Waals surface area contributed by atoms with Crippen molar-refractivity contribution in [2.24, 2.45) is 0 Å². The van der Waals surface area contributed by atoms with Crippen LogP contribution in [0.25, 0.3) is 0 Å². The van der Waals surface area contributed by atoms with E-state index >= 15 is 0 Å². The van der Waals surface area contributed by atoms with Gasteiger partial charge >= 0.3 is 0 Å². The van der Waals surface area contributed by atoms with E-state index in [9.17, 15) is 4.79 Å². The molecule has 2 fully saturated rings. The van der Waals surface area contributed by atoms with E-state index < -0.39 is 0 Å². The number of hydrogen-bond acceptors (Lipinski definition) is 6. The minimum Gasteiger partial charge on any atom is -0.422 e. The number of carbonyl (C=O) groups excluding carboxylic acids is 1. The van der Waals surface area contributed by atoms with Crippen molar-refractivity contribution in [2.75, 3.05) is 26.3 Å². The van der Waals surface area contributed by atoms with Gasteiger partial charge in [-0.25, -0.2) is 0 Å². The molecule has 1 aliphatic carbocycles. The van der Waals surface area contributed by atoms with Crippen molar-refractivity contribution in [1.82, 2.24) is 15.1 Å². The molecular weight excluding hydrogens is 310 g/mol. The number of ether oxygens (including phenoxy) is 2. The molecule has 0 bridgehead atoms. The van der Waals surface area contributed by atoms with Crippen LogP contribution in [0.5, 0.6) is 0 Å². The molecule has 7 heteroatoms. The number of carbonyl (C=O) groups is 1. The second kappa shape index (κ2) is 8.07. The highest BCUT2D eigenvalue weighted by Gasteiger charge is 2.30. The van der Waals surface area contributed by atoms with Crippen molar-refractivity contribution in [1.29, 1.82) is 0 Å². The van der Waals surface area contributed by atoms with Gasteiger partial charge in [-0.3, -0.25) is 4.79 Å². The number of nitrogens with zero attached hydrogens (tertiary/aromatic N) is 3. The summed E-state index contributed by atoms with van der Waals surface area (Å²) >= 11 is 0. The zero-order chi connectivity index (χ0) is 16.9. The molecule has 0 N–H and O–H groups in total. The lowest BCUT2D eigenvalue weighted by Gasteiger charge is -2.32. The molecule has 3 rings (SSSR count). The summed E-state index contributed by atoms with van der Waals surface area (Å²) in [6.07, 6.45) is 5.71. The van der Waals surface area contributed by atoms with Gasteiger partial charge in [0.25, 0.3) is 0 Å². The van der Waals surface area contributed by atoms with Crippen LogP contribution in [0.1, 0.15) is 69.8 Å². The van der Waals surface area contributed by atoms with E-state index in [1.165, 1.54) is 19.3 Å². The van der Waals surface area contributed by atoms with Gasteiger partial charge in [0.05, 0.1) is 19.3 Å². The van der Waals surface area contributed by atoms with Crippen molar-refractivity contribution in [3.8, 4) is 0 Å². The van der Waals surface area contributed by atoms with Crippen molar-refractivity contribution in [3.63, 3.8) is 0 Å². The first-order valence-electron chi connectivity index (χ1n) is 8.97. The van der Waals surface area contributed by atoms with Crippen LogP contribution in [0, 0.1) is 0 Å². The smallest absolute Gasteiger partial charge is 0.248 e. The van der Waals surface area contributed by atoms with Gasteiger partial charge in [0.2, 0.25) is 17.7 Å². The van der Waals surface area contributed by atoms with Gasteiger partial charge in [-0.2, -0.15) is 0 Å². The maximum Gasteiger partial charge on any atom is 0.248 e. The van der Waals surface area contributed by atoms with Crippen molar-refractivity contribution < 1.29 is 18.7 Å². The van der Waals surface area contributed by atoms with Gasteiger partial charge in [-0.15, -0.1) is 10.2 Å². The van der Waals surface area contributed by atoms with Gasteiger partial charge in [-0.05, 0) is 12.8 Å². The first-order chi connectivity index (χ1) is 11.6. The zero-order valence-electron chi connectivity index (χ0n) is 14.6. The summed E-state index contributed by atoms with van der Waals surface area (Å²) in [7, 11) is 0. The third kappa shape index (κ3) is 4.33. The maximum absolute atomic E-state index is 12.4. The van der Waals surface area contributed by atoms with Crippen LogP contribution >= 0.6 is 0 Å². The molecule has 1 saturated carbocycles. The lowest BCUT2D eigenvalue weighted by Crippen LogP contribution is -2.44. The lowest BCUT2D eigenvalue weighted by atomic mass is 9.98. The van der Waals surface area contributed by atoms with Crippen LogP contribution in [0.3, 0.4) is 0 Å². The second-order valence-corrected chi connectivity index (χ2v) is 6.90. The minimum atomic E-state index is -0.350. The Balaban J connectivity index is 1.51. The van der Waals surface area contributed by atoms with Crippen molar-refractivity contribution in [3.05, 3.63) is 11.8 Å². The van der Waals surface area contributed by atoms with E-state index in [4.69, 9.17) is 13.9 Å². The normalized spacial score (nSPS) is 23.0. The summed E-state index contributed by atoms with van der Waals surface area (Å²) in [5, 5.41) is 8.10. The fourth-order valence-corrected chi connectivity index (χ4v) is 3.15. The van der Waals surface area contributed by atoms with Crippen LogP contribution in [0.4, 0.5) is 0 Å². The van der Waals surface area contributed by atoms with Crippen molar-refractivity contribution in [2.45, 2.75) is 64.1 Å². The number of morpholine rings is 1. The van der Waals surface area contributed by atoms with Crippen LogP contribution < -0.4 is 0 Å². The predicted octanol–water partition coefficient (Wildman–Crippen LogP) is 2.44. The summed E-state index contributed by atoms with van der Waals surface area (Å²) in [6.45, 7) is 5.63. The first kappa shape index (κ1) is 17.4. The zero-order valence-corrected chi connectivity index (χ0v) is 14.6. The Hall–Kier alpha value is -1.47. The van der Waals surface area contributed by atoms with Crippen LogP contribution in [0.2, 0.25) is 0 Å². The molecule has 2 heterocycles. The van der Waals surface area contributed by atoms with E-state index in [1.807, 2.05) is 13.8 Å². The summed E-state index contributed by atoms with van der Waals surface area (Å²) in [4.78, 5) is 14.2. The molecule has 1 unspecified atom stereocenters. The topological polar surface area (TPSA) is 77.7 Å². The highest BCUT2D eigenvalue weighted by atomic mass is 16.5. The average Bonchev–Trinajstić information content (AvgIpc) is 3.11. The van der Waals surface area contributed by atoms with E-state index in [1.54, 1.807) is 4.90 Å². The van der Waals surface area contributed by atoms with E-state index in [-0.39, 0.29) is 30.6 Å². The molecule has 0 radical (unpaired) electrons. The van der Waals surface area contributed by atoms with Gasteiger partial charge in [0.15, 0.2) is 6.10 Å². The van der Waals surface area contributed by atoms with Crippen LogP contribution in [0.15, 0.2) is 4.42 Å². The molecule has 1 amide bonds. The fourth-order valence-electron chi connectivity index (χ4n) is 3.15. The number of amides is 1. The molecule has 1 saturated heterocycles. The van der Waals surface area contributed by atoms with Crippen LogP contribution in [-0.2, 0) is 14.3 Å². The third-order valence-electron chi connectivity index (χ3n) is 4.64. The third-order valence-corrected chi connectivity index (χ3v) is 4.64. The van der Waals surface area contributed by atoms with Crippen molar-refractivity contribution >= 4 is 5.91 Å². The van der Waals surface area contributed by atoms with E-state index in [2.05, 4.69) is 10.2 Å². The van der Waals surface area contributed by atoms with Gasteiger partial charge in [0.1, 0.15) is 6.61 Å². The SMILES string of the molecule is CC(C)c1nnc(C2CN(C(=O)COC3CCCCC3)CCO2)o1. The van der Waals surface area contributed by atoms with E-state index in [0.29, 0.717) is 31.5 Å². The Kier molecular flexibility index (Phi) is 5.84. The molecular formula is C17H27N3O4. The Morgan fingerprint density at radius 1 is 1.29 bits per heavy atom. The first-order valence-corrected chi connectivity index (χ1v) is 8.97. The predicted molar refractivity (Wildman–Crippen MR) is 86.5 cm³/mol. The molecule has 1 aliphatic heterocycles. The Morgan fingerprint density at radius 2 is 2.08 bits per heavy atom. The molecule has 0 spiro atoms. The number of hydrogen-bond donors (Lipinski definition) is 0. The monoisotopic (exact) mass is 337 g/mol. The largest absolute Gasteiger partial charge is 0.422 e. The summed E-state index contributed by atoms with van der Waals surface area (Å²) < 4.78 is 17.1. The summed E-state index contributed by atoms with van der Waals surface area (Å²) in [5.41, 5.74) is 0. The Morgan fingerprint density at radius 3 is 2.79 bits per heavy atom. The quantitative estimate of drug-likeness (QED) is 0.821. The molecule has 0 aromatic carbocycles. The molecule has 134 valence electrons. The molecule has 1 aromatic heterocycles. The fraction of sp³-hybridized carbons (Fsp3) is 0.824. The molecule has 2 aliphatic rings. The Labute approximate surface area is 142 Å². The van der Waals surface area contributed by atoms with Gasteiger partial charge in [-0.1, -0.05) is 33.1 Å². The highest BCUT2D eigenvalue weighted by Crippen LogP contribution is 2.24. The van der Waals surface area contributed by atoms with Crippen LogP contribution in [-0.4, -0.2) is 53.4 Å². The molecule has 1 aromatic rings. The highest BCUT2D eigenvalue weighted by molar-refractivity contribution is 5.77. The maximum atomic E-state index is 12.4. The minimum absolute atomic E-state index is 0.0115. The number of aromatic nitrogens is 2. The average molecular weight is 337 g/mol. The Bertz CT molecular complexity index is 540. The lowest BCUT2D eigenvalue weighted by molar-refractivity contribution is -0.147.